The number of ether oxygens (including phenoxy) is 1. The fourth-order valence-corrected chi connectivity index (χ4v) is 3.41. The van der Waals surface area contributed by atoms with Crippen molar-refractivity contribution in [3.8, 4) is 0 Å². The van der Waals surface area contributed by atoms with Crippen molar-refractivity contribution in [1.82, 2.24) is 0 Å². The third-order valence-electron chi connectivity index (χ3n) is 5.28. The van der Waals surface area contributed by atoms with Crippen molar-refractivity contribution in [2.45, 2.75) is 64.8 Å². The molecule has 1 aliphatic carbocycles. The molecule has 24 heavy (non-hydrogen) atoms. The Morgan fingerprint density at radius 2 is 2.00 bits per heavy atom. The van der Waals surface area contributed by atoms with Gasteiger partial charge in [0.15, 0.2) is 8.32 Å². The summed E-state index contributed by atoms with van der Waals surface area (Å²) in [6, 6.07) is 5.25. The third-order valence-corrected chi connectivity index (χ3v) is 9.76. The number of rotatable bonds is 6. The molecule has 0 spiro atoms. The number of hydrogen-bond donors (Lipinski definition) is 0. The van der Waals surface area contributed by atoms with E-state index in [1.165, 1.54) is 0 Å². The molecule has 0 N–H and O–H groups in total. The Morgan fingerprint density at radius 1 is 1.33 bits per heavy atom. The number of carbonyl (C=O) groups excluding carboxylic acids is 1. The SMILES string of the molecule is CCOC(=O)C1CC1c1ccc(CO[Si](C)(C)C(C)(C)C)c(F)c1. The maximum Gasteiger partial charge on any atom is 0.309 e. The summed E-state index contributed by atoms with van der Waals surface area (Å²) in [6.07, 6.45) is 0.748. The molecule has 0 aromatic heterocycles. The van der Waals surface area contributed by atoms with E-state index in [4.69, 9.17) is 9.16 Å². The third kappa shape index (κ3) is 4.25. The van der Waals surface area contributed by atoms with Gasteiger partial charge in [-0.3, -0.25) is 4.79 Å². The van der Waals surface area contributed by atoms with Crippen molar-refractivity contribution in [1.29, 1.82) is 0 Å². The monoisotopic (exact) mass is 352 g/mol. The first-order valence-corrected chi connectivity index (χ1v) is 11.6. The lowest BCUT2D eigenvalue weighted by Gasteiger charge is -2.36. The van der Waals surface area contributed by atoms with Gasteiger partial charge >= 0.3 is 5.97 Å². The van der Waals surface area contributed by atoms with Crippen LogP contribution < -0.4 is 0 Å². The minimum atomic E-state index is -1.90. The van der Waals surface area contributed by atoms with E-state index in [-0.39, 0.29) is 28.7 Å². The highest BCUT2D eigenvalue weighted by atomic mass is 28.4. The predicted octanol–water partition coefficient (Wildman–Crippen LogP) is 5.01. The Bertz CT molecular complexity index is 607. The normalized spacial score (nSPS) is 20.8. The van der Waals surface area contributed by atoms with Crippen LogP contribution in [-0.2, 0) is 20.6 Å². The number of benzene rings is 1. The molecular formula is C19H29FO3Si. The van der Waals surface area contributed by atoms with Gasteiger partial charge in [-0.05, 0) is 49.0 Å². The molecule has 134 valence electrons. The van der Waals surface area contributed by atoms with E-state index < -0.39 is 8.32 Å². The van der Waals surface area contributed by atoms with Gasteiger partial charge in [0.2, 0.25) is 0 Å². The number of carbonyl (C=O) groups is 1. The van der Waals surface area contributed by atoms with E-state index in [2.05, 4.69) is 33.9 Å². The van der Waals surface area contributed by atoms with E-state index in [1.54, 1.807) is 19.1 Å². The average molecular weight is 353 g/mol. The standard InChI is InChI=1S/C19H29FO3Si/c1-7-22-18(21)16-11-15(16)13-8-9-14(17(20)10-13)12-23-24(5,6)19(2,3)4/h8-10,15-16H,7,11-12H2,1-6H3. The molecule has 0 bridgehead atoms. The molecule has 2 unspecified atom stereocenters. The summed E-state index contributed by atoms with van der Waals surface area (Å²) in [7, 11) is -1.90. The van der Waals surface area contributed by atoms with Gasteiger partial charge < -0.3 is 9.16 Å². The molecule has 1 aromatic carbocycles. The smallest absolute Gasteiger partial charge is 0.309 e. The van der Waals surface area contributed by atoms with Gasteiger partial charge in [-0.1, -0.05) is 32.9 Å². The Balaban J connectivity index is 2.00. The number of halogens is 1. The van der Waals surface area contributed by atoms with Crippen molar-refractivity contribution in [3.63, 3.8) is 0 Å². The first kappa shape index (κ1) is 19.1. The van der Waals surface area contributed by atoms with Crippen LogP contribution in [0.25, 0.3) is 0 Å². The van der Waals surface area contributed by atoms with Gasteiger partial charge in [-0.25, -0.2) is 4.39 Å². The summed E-state index contributed by atoms with van der Waals surface area (Å²) in [5, 5.41) is 0.101. The second kappa shape index (κ2) is 6.96. The Labute approximate surface area is 145 Å². The summed E-state index contributed by atoms with van der Waals surface area (Å²) >= 11 is 0. The molecule has 2 atom stereocenters. The zero-order valence-corrected chi connectivity index (χ0v) is 16.6. The fraction of sp³-hybridized carbons (Fsp3) is 0.632. The second-order valence-corrected chi connectivity index (χ2v) is 12.9. The molecule has 0 heterocycles. The molecule has 1 aromatic rings. The summed E-state index contributed by atoms with van der Waals surface area (Å²) in [6.45, 7) is 13.3. The van der Waals surface area contributed by atoms with Crippen LogP contribution in [0.5, 0.6) is 0 Å². The quantitative estimate of drug-likeness (QED) is 0.533. The molecule has 2 rings (SSSR count). The van der Waals surface area contributed by atoms with Crippen molar-refractivity contribution in [2.24, 2.45) is 5.92 Å². The lowest BCUT2D eigenvalue weighted by atomic mass is 10.1. The van der Waals surface area contributed by atoms with E-state index in [0.717, 1.165) is 12.0 Å². The van der Waals surface area contributed by atoms with Crippen LogP contribution in [0.3, 0.4) is 0 Å². The summed E-state index contributed by atoms with van der Waals surface area (Å²) in [5.74, 6) is -0.443. The number of esters is 1. The van der Waals surface area contributed by atoms with E-state index in [1.807, 2.05) is 6.07 Å². The highest BCUT2D eigenvalue weighted by Crippen LogP contribution is 2.48. The highest BCUT2D eigenvalue weighted by molar-refractivity contribution is 6.74. The molecule has 1 aliphatic rings. The van der Waals surface area contributed by atoms with Crippen LogP contribution in [0, 0.1) is 11.7 Å². The molecule has 0 saturated heterocycles. The maximum atomic E-state index is 14.4. The van der Waals surface area contributed by atoms with Crippen LogP contribution in [0.15, 0.2) is 18.2 Å². The van der Waals surface area contributed by atoms with E-state index >= 15 is 0 Å². The summed E-state index contributed by atoms with van der Waals surface area (Å²) < 4.78 is 25.5. The lowest BCUT2D eigenvalue weighted by molar-refractivity contribution is -0.144. The lowest BCUT2D eigenvalue weighted by Crippen LogP contribution is -2.40. The van der Waals surface area contributed by atoms with Crippen molar-refractivity contribution in [3.05, 3.63) is 35.1 Å². The second-order valence-electron chi connectivity index (χ2n) is 8.10. The first-order valence-electron chi connectivity index (χ1n) is 8.65. The van der Waals surface area contributed by atoms with Crippen LogP contribution in [0.2, 0.25) is 18.1 Å². The van der Waals surface area contributed by atoms with E-state index in [9.17, 15) is 9.18 Å². The Kier molecular flexibility index (Phi) is 5.55. The number of hydrogen-bond acceptors (Lipinski definition) is 3. The van der Waals surface area contributed by atoms with Gasteiger partial charge in [0, 0.05) is 5.56 Å². The molecule has 1 saturated carbocycles. The predicted molar refractivity (Wildman–Crippen MR) is 95.9 cm³/mol. The Hall–Kier alpha value is -1.20. The molecule has 1 fully saturated rings. The topological polar surface area (TPSA) is 35.5 Å². The molecule has 0 amide bonds. The van der Waals surface area contributed by atoms with Gasteiger partial charge in [0.1, 0.15) is 5.82 Å². The zero-order chi connectivity index (χ0) is 18.1. The largest absolute Gasteiger partial charge is 0.466 e. The molecule has 5 heteroatoms. The van der Waals surface area contributed by atoms with Crippen molar-refractivity contribution >= 4 is 14.3 Å². The minimum absolute atomic E-state index is 0.0916. The van der Waals surface area contributed by atoms with Gasteiger partial charge in [0.05, 0.1) is 19.1 Å². The summed E-state index contributed by atoms with van der Waals surface area (Å²) in [5.41, 5.74) is 1.46. The summed E-state index contributed by atoms with van der Waals surface area (Å²) in [4.78, 5) is 11.7. The van der Waals surface area contributed by atoms with Gasteiger partial charge in [0.25, 0.3) is 0 Å². The fourth-order valence-electron chi connectivity index (χ4n) is 2.46. The molecule has 0 radical (unpaired) electrons. The van der Waals surface area contributed by atoms with Gasteiger partial charge in [-0.2, -0.15) is 0 Å². The van der Waals surface area contributed by atoms with Gasteiger partial charge in [-0.15, -0.1) is 0 Å². The molecular weight excluding hydrogens is 323 g/mol. The van der Waals surface area contributed by atoms with Crippen LogP contribution in [0.1, 0.15) is 51.2 Å². The molecule has 0 aliphatic heterocycles. The Morgan fingerprint density at radius 3 is 2.54 bits per heavy atom. The minimum Gasteiger partial charge on any atom is -0.466 e. The van der Waals surface area contributed by atoms with Crippen molar-refractivity contribution < 1.29 is 18.3 Å². The molecule has 3 nitrogen and oxygen atoms in total. The van der Waals surface area contributed by atoms with Crippen LogP contribution in [-0.4, -0.2) is 20.9 Å². The first-order chi connectivity index (χ1) is 11.1. The van der Waals surface area contributed by atoms with Crippen LogP contribution in [0.4, 0.5) is 4.39 Å². The maximum absolute atomic E-state index is 14.4. The van der Waals surface area contributed by atoms with E-state index in [0.29, 0.717) is 18.8 Å². The average Bonchev–Trinajstić information content (AvgIpc) is 3.25. The van der Waals surface area contributed by atoms with Crippen molar-refractivity contribution in [2.75, 3.05) is 6.61 Å². The zero-order valence-electron chi connectivity index (χ0n) is 15.6. The van der Waals surface area contributed by atoms with Crippen LogP contribution >= 0.6 is 0 Å². The highest BCUT2D eigenvalue weighted by Gasteiger charge is 2.45.